The molecule has 2 aromatic carbocycles. The van der Waals surface area contributed by atoms with Crippen LogP contribution in [0.5, 0.6) is 5.75 Å². The quantitative estimate of drug-likeness (QED) is 0.925. The first kappa shape index (κ1) is 13.7. The fraction of sp³-hybridized carbons (Fsp3) is 0.294. The molecule has 2 aromatic rings. The van der Waals surface area contributed by atoms with Gasteiger partial charge < -0.3 is 9.84 Å². The Balaban J connectivity index is 1.90. The second-order valence-electron chi connectivity index (χ2n) is 5.33. The summed E-state index contributed by atoms with van der Waals surface area (Å²) >= 11 is 3.50. The van der Waals surface area contributed by atoms with Crippen LogP contribution >= 0.6 is 15.9 Å². The molecule has 0 aromatic heterocycles. The van der Waals surface area contributed by atoms with Crippen LogP contribution in [0.25, 0.3) is 0 Å². The van der Waals surface area contributed by atoms with E-state index in [-0.39, 0.29) is 0 Å². The van der Waals surface area contributed by atoms with E-state index in [4.69, 9.17) is 4.74 Å². The highest BCUT2D eigenvalue weighted by Gasteiger charge is 2.36. The Labute approximate surface area is 127 Å². The average Bonchev–Trinajstić information content (AvgIpc) is 2.77. The Kier molecular flexibility index (Phi) is 3.57. The molecule has 1 unspecified atom stereocenters. The van der Waals surface area contributed by atoms with Crippen molar-refractivity contribution in [2.24, 2.45) is 0 Å². The molecule has 3 rings (SSSR count). The van der Waals surface area contributed by atoms with Crippen LogP contribution in [-0.4, -0.2) is 12.2 Å². The highest BCUT2D eigenvalue weighted by molar-refractivity contribution is 9.10. The van der Waals surface area contributed by atoms with E-state index in [9.17, 15) is 5.11 Å². The zero-order chi connectivity index (χ0) is 14.2. The molecular formula is C17H17BrO2. The molecule has 0 heterocycles. The molecule has 1 aliphatic rings. The number of fused-ring (bicyclic) bond motifs is 1. The molecule has 0 bridgehead atoms. The summed E-state index contributed by atoms with van der Waals surface area (Å²) in [5, 5.41) is 11.0. The Morgan fingerprint density at radius 2 is 2.05 bits per heavy atom. The van der Waals surface area contributed by atoms with E-state index in [2.05, 4.69) is 22.0 Å². The first-order valence-electron chi connectivity index (χ1n) is 6.75. The van der Waals surface area contributed by atoms with Gasteiger partial charge in [0.05, 0.1) is 17.2 Å². The van der Waals surface area contributed by atoms with Gasteiger partial charge in [0.2, 0.25) is 0 Å². The molecule has 3 heteroatoms. The molecule has 0 saturated carbocycles. The lowest BCUT2D eigenvalue weighted by Gasteiger charge is -2.24. The van der Waals surface area contributed by atoms with Gasteiger partial charge in [-0.05, 0) is 57.6 Å². The Morgan fingerprint density at radius 3 is 2.80 bits per heavy atom. The van der Waals surface area contributed by atoms with Crippen LogP contribution in [0.1, 0.15) is 23.1 Å². The van der Waals surface area contributed by atoms with Crippen LogP contribution in [0.15, 0.2) is 46.9 Å². The van der Waals surface area contributed by atoms with Gasteiger partial charge in [-0.15, -0.1) is 0 Å². The van der Waals surface area contributed by atoms with E-state index in [1.165, 1.54) is 5.56 Å². The van der Waals surface area contributed by atoms with Gasteiger partial charge in [-0.2, -0.15) is 0 Å². The zero-order valence-corrected chi connectivity index (χ0v) is 13.0. The summed E-state index contributed by atoms with van der Waals surface area (Å²) in [7, 11) is 1.65. The lowest BCUT2D eigenvalue weighted by Crippen LogP contribution is -2.25. The second-order valence-corrected chi connectivity index (χ2v) is 6.19. The Hall–Kier alpha value is -1.32. The molecule has 20 heavy (non-hydrogen) atoms. The third-order valence-electron chi connectivity index (χ3n) is 4.04. The normalized spacial score (nSPS) is 20.8. The minimum atomic E-state index is -0.745. The number of halogens is 1. The number of ether oxygens (including phenoxy) is 1. The van der Waals surface area contributed by atoms with Crippen LogP contribution in [0.4, 0.5) is 0 Å². The van der Waals surface area contributed by atoms with Crippen LogP contribution in [0.3, 0.4) is 0 Å². The van der Waals surface area contributed by atoms with Gasteiger partial charge in [0.25, 0.3) is 0 Å². The fourth-order valence-electron chi connectivity index (χ4n) is 3.01. The number of hydrogen-bond donors (Lipinski definition) is 1. The van der Waals surface area contributed by atoms with E-state index in [1.54, 1.807) is 7.11 Å². The van der Waals surface area contributed by atoms with Crippen molar-refractivity contribution >= 4 is 15.9 Å². The van der Waals surface area contributed by atoms with Gasteiger partial charge in [0, 0.05) is 6.42 Å². The second kappa shape index (κ2) is 5.23. The predicted octanol–water partition coefficient (Wildman–Crippen LogP) is 3.83. The monoisotopic (exact) mass is 332 g/mol. The van der Waals surface area contributed by atoms with Gasteiger partial charge in [-0.25, -0.2) is 0 Å². The topological polar surface area (TPSA) is 29.5 Å². The minimum absolute atomic E-state index is 0.632. The van der Waals surface area contributed by atoms with Crippen molar-refractivity contribution in [2.75, 3.05) is 7.11 Å². The molecule has 0 spiro atoms. The Bertz CT molecular complexity index is 639. The van der Waals surface area contributed by atoms with E-state index in [0.717, 1.165) is 34.2 Å². The SMILES string of the molecule is COc1ccc(CC2(O)CCc3ccccc32)cc1Br. The highest BCUT2D eigenvalue weighted by atomic mass is 79.9. The average molecular weight is 333 g/mol. The van der Waals surface area contributed by atoms with Gasteiger partial charge in [0.15, 0.2) is 0 Å². The number of methoxy groups -OCH3 is 1. The standard InChI is InChI=1S/C17H17BrO2/c1-20-16-7-6-12(10-15(16)18)11-17(19)9-8-13-4-2-3-5-14(13)17/h2-7,10,19H,8-9,11H2,1H3. The molecule has 0 aliphatic heterocycles. The third kappa shape index (κ3) is 2.36. The number of aliphatic hydroxyl groups is 1. The third-order valence-corrected chi connectivity index (χ3v) is 4.66. The maximum Gasteiger partial charge on any atom is 0.133 e. The van der Waals surface area contributed by atoms with Crippen LogP contribution in [0.2, 0.25) is 0 Å². The summed E-state index contributed by atoms with van der Waals surface area (Å²) in [5.41, 5.74) is 2.70. The fourth-order valence-corrected chi connectivity index (χ4v) is 3.60. The molecule has 0 saturated heterocycles. The van der Waals surface area contributed by atoms with Crippen molar-refractivity contribution in [1.29, 1.82) is 0 Å². The zero-order valence-electron chi connectivity index (χ0n) is 11.4. The summed E-state index contributed by atoms with van der Waals surface area (Å²) in [6.45, 7) is 0. The van der Waals surface area contributed by atoms with Crippen molar-refractivity contribution in [1.82, 2.24) is 0 Å². The molecule has 0 fully saturated rings. The van der Waals surface area contributed by atoms with Crippen molar-refractivity contribution in [3.63, 3.8) is 0 Å². The maximum absolute atomic E-state index is 11.0. The number of rotatable bonds is 3. The lowest BCUT2D eigenvalue weighted by molar-refractivity contribution is 0.0389. The van der Waals surface area contributed by atoms with Crippen LogP contribution < -0.4 is 4.74 Å². The van der Waals surface area contributed by atoms with Crippen molar-refractivity contribution < 1.29 is 9.84 Å². The molecule has 1 aliphatic carbocycles. The van der Waals surface area contributed by atoms with Crippen molar-refractivity contribution in [3.05, 3.63) is 63.6 Å². The van der Waals surface area contributed by atoms with Gasteiger partial charge in [-0.3, -0.25) is 0 Å². The van der Waals surface area contributed by atoms with Crippen molar-refractivity contribution in [3.8, 4) is 5.75 Å². The molecule has 1 atom stereocenters. The molecule has 1 N–H and O–H groups in total. The largest absolute Gasteiger partial charge is 0.496 e. The molecule has 2 nitrogen and oxygen atoms in total. The van der Waals surface area contributed by atoms with Gasteiger partial charge in [0.1, 0.15) is 5.75 Å². The number of hydrogen-bond acceptors (Lipinski definition) is 2. The first-order chi connectivity index (χ1) is 9.62. The molecule has 104 valence electrons. The minimum Gasteiger partial charge on any atom is -0.496 e. The highest BCUT2D eigenvalue weighted by Crippen LogP contribution is 2.40. The summed E-state index contributed by atoms with van der Waals surface area (Å²) < 4.78 is 6.17. The predicted molar refractivity (Wildman–Crippen MR) is 83.1 cm³/mol. The summed E-state index contributed by atoms with van der Waals surface area (Å²) in [6.07, 6.45) is 2.37. The summed E-state index contributed by atoms with van der Waals surface area (Å²) in [6, 6.07) is 14.2. The molecular weight excluding hydrogens is 316 g/mol. The summed E-state index contributed by atoms with van der Waals surface area (Å²) in [4.78, 5) is 0. The van der Waals surface area contributed by atoms with Crippen LogP contribution in [-0.2, 0) is 18.4 Å². The molecule has 0 amide bonds. The smallest absolute Gasteiger partial charge is 0.133 e. The number of benzene rings is 2. The van der Waals surface area contributed by atoms with E-state index >= 15 is 0 Å². The first-order valence-corrected chi connectivity index (χ1v) is 7.55. The van der Waals surface area contributed by atoms with Gasteiger partial charge >= 0.3 is 0 Å². The van der Waals surface area contributed by atoms with E-state index in [0.29, 0.717) is 6.42 Å². The Morgan fingerprint density at radius 1 is 1.25 bits per heavy atom. The number of aryl methyl sites for hydroxylation is 1. The molecule has 0 radical (unpaired) electrons. The maximum atomic E-state index is 11.0. The lowest BCUT2D eigenvalue weighted by atomic mass is 9.89. The van der Waals surface area contributed by atoms with E-state index < -0.39 is 5.60 Å². The van der Waals surface area contributed by atoms with E-state index in [1.807, 2.05) is 36.4 Å². The van der Waals surface area contributed by atoms with Crippen molar-refractivity contribution in [2.45, 2.75) is 24.9 Å². The van der Waals surface area contributed by atoms with Crippen LogP contribution in [0, 0.1) is 0 Å². The van der Waals surface area contributed by atoms with Gasteiger partial charge in [-0.1, -0.05) is 30.3 Å². The summed E-state index contributed by atoms with van der Waals surface area (Å²) in [5.74, 6) is 0.813.